The molecule has 0 aromatic rings. The van der Waals surface area contributed by atoms with E-state index in [1.807, 2.05) is 0 Å². The number of allylic oxidation sites excluding steroid dienone is 1. The summed E-state index contributed by atoms with van der Waals surface area (Å²) >= 11 is 0. The largest absolute Gasteiger partial charge is 0.388 e. The summed E-state index contributed by atoms with van der Waals surface area (Å²) in [5, 5.41) is 11.7. The Morgan fingerprint density at radius 3 is 0.833 bits per heavy atom. The number of rotatable bonds is 8. The maximum atomic E-state index is 11.7. The van der Waals surface area contributed by atoms with E-state index in [1.165, 1.54) is 51.4 Å². The van der Waals surface area contributed by atoms with Gasteiger partial charge in [0.05, 0.1) is 389 Å². The second-order valence-corrected chi connectivity index (χ2v) is 31.7. The van der Waals surface area contributed by atoms with Crippen LogP contribution in [0.25, 0.3) is 0 Å². The van der Waals surface area contributed by atoms with Crippen molar-refractivity contribution >= 4 is 0 Å². The van der Waals surface area contributed by atoms with E-state index in [4.69, 9.17) is 142 Å². The van der Waals surface area contributed by atoms with Crippen LogP contribution in [0.15, 0.2) is 11.6 Å². The van der Waals surface area contributed by atoms with Gasteiger partial charge in [-0.15, -0.1) is 0 Å². The van der Waals surface area contributed by atoms with Crippen LogP contribution in [0.2, 0.25) is 0 Å². The fourth-order valence-electron chi connectivity index (χ4n) is 16.5. The van der Waals surface area contributed by atoms with Gasteiger partial charge in [0.25, 0.3) is 0 Å². The number of fused-ring (bicyclic) bond motifs is 5. The molecule has 710 valence electrons. The van der Waals surface area contributed by atoms with Crippen LogP contribution < -0.4 is 0 Å². The maximum absolute atomic E-state index is 11.7. The Kier molecular flexibility index (Phi) is 70.4. The Hall–Kier alpha value is -1.50. The minimum absolute atomic E-state index is 0.0144. The predicted octanol–water partition coefficient (Wildman–Crippen LogP) is 8.27. The van der Waals surface area contributed by atoms with E-state index < -0.39 is 12.2 Å². The SMILES string of the molecule is CC[C@H](CC[C@@H](C)[C@H]1CC[C@H]2[C@@H]3CC=C4C[C@@H](OC5COCCOCCOCCOCCOCCOCCOCCOCCOCCOCCOCCOCCOCCOCCOCCOCCOCCOCCOCCOCCOCCOCCOCCOCCOCCOCCOCCOCCOCC5O)CC[C@]4(C)[C@H]3CC[C@]12C)C(C)C. The van der Waals surface area contributed by atoms with E-state index in [0.717, 1.165) is 54.8 Å². The average Bonchev–Trinajstić information content (AvgIpc) is 1.44. The third kappa shape index (κ3) is 54.1. The molecular weight excluding hydrogens is 1560 g/mol. The van der Waals surface area contributed by atoms with Gasteiger partial charge in [-0.05, 0) is 110 Å². The molecule has 0 bridgehead atoms. The van der Waals surface area contributed by atoms with Crippen molar-refractivity contribution in [2.24, 2.45) is 52.3 Å². The molecule has 5 aliphatic rings. The molecule has 11 atom stereocenters. The molecule has 2 unspecified atom stereocenters. The molecule has 0 aromatic heterocycles. The van der Waals surface area contributed by atoms with Gasteiger partial charge in [0.15, 0.2) is 0 Å². The van der Waals surface area contributed by atoms with E-state index in [-0.39, 0.29) is 24.7 Å². The molecule has 5 rings (SSSR count). The number of hydrogen-bond acceptors (Lipinski definition) is 31. The Morgan fingerprint density at radius 2 is 0.575 bits per heavy atom. The van der Waals surface area contributed by atoms with E-state index in [0.29, 0.717) is 381 Å². The van der Waals surface area contributed by atoms with Gasteiger partial charge < -0.3 is 147 Å². The molecule has 3 saturated carbocycles. The highest BCUT2D eigenvalue weighted by Crippen LogP contribution is 2.67. The topological polar surface area (TPSA) is 297 Å². The molecule has 0 amide bonds. The molecule has 31 nitrogen and oxygen atoms in total. The van der Waals surface area contributed by atoms with Crippen LogP contribution in [0.5, 0.6) is 0 Å². The Balaban J connectivity index is 0.901. The van der Waals surface area contributed by atoms with Crippen molar-refractivity contribution in [1.82, 2.24) is 0 Å². The summed E-state index contributed by atoms with van der Waals surface area (Å²) in [4.78, 5) is 0. The highest BCUT2D eigenvalue weighted by molar-refractivity contribution is 5.25. The van der Waals surface area contributed by atoms with E-state index in [1.54, 1.807) is 5.57 Å². The number of ether oxygens (including phenoxy) is 30. The van der Waals surface area contributed by atoms with Gasteiger partial charge in [0.2, 0.25) is 0 Å². The maximum Gasteiger partial charge on any atom is 0.109 e. The summed E-state index contributed by atoms with van der Waals surface area (Å²) in [6, 6.07) is 0. The van der Waals surface area contributed by atoms with Crippen LogP contribution in [-0.4, -0.2) is 407 Å². The number of aliphatic hydroxyl groups is 1. The lowest BCUT2D eigenvalue weighted by molar-refractivity contribution is -0.142. The standard InChI is InChI=1S/C89H168O31/c1-7-79(77(2)3)9-8-78(4)83-12-13-84-82-11-10-80-74-81(14-16-88(80,5)85(82)15-17-89(83,84)6)120-87-76-119-73-71-117-69-67-115-65-63-113-61-59-111-57-55-109-53-51-107-49-47-105-45-43-103-41-39-101-37-35-99-33-31-97-29-27-95-25-23-93-21-19-91-18-20-92-22-24-94-26-28-96-30-32-98-34-36-100-38-40-102-42-44-104-46-48-106-50-52-108-54-56-110-58-60-112-62-64-114-66-68-116-70-72-118-75-86(87)90/h10,77-79,81-87,90H,7-9,11-76H2,1-6H3/t78-,79-,81+,82+,83-,84+,85+,86?,87?,88+,89-/m1/s1. The van der Waals surface area contributed by atoms with E-state index >= 15 is 0 Å². The predicted molar refractivity (Wildman–Crippen MR) is 451 cm³/mol. The molecule has 1 heterocycles. The van der Waals surface area contributed by atoms with Crippen molar-refractivity contribution in [3.05, 3.63) is 11.6 Å². The van der Waals surface area contributed by atoms with Crippen molar-refractivity contribution in [3.8, 4) is 0 Å². The first-order valence-corrected chi connectivity index (χ1v) is 45.9. The molecule has 4 aliphatic carbocycles. The molecule has 4 fully saturated rings. The third-order valence-electron chi connectivity index (χ3n) is 23.1. The zero-order valence-corrected chi connectivity index (χ0v) is 75.3. The zero-order chi connectivity index (χ0) is 85.1. The van der Waals surface area contributed by atoms with Crippen LogP contribution >= 0.6 is 0 Å². The minimum Gasteiger partial charge on any atom is -0.388 e. The van der Waals surface area contributed by atoms with Gasteiger partial charge in [-0.2, -0.15) is 0 Å². The van der Waals surface area contributed by atoms with Crippen LogP contribution in [0.4, 0.5) is 0 Å². The molecule has 1 saturated heterocycles. The van der Waals surface area contributed by atoms with Gasteiger partial charge in [0, 0.05) is 0 Å². The Bertz CT molecular complexity index is 2240. The van der Waals surface area contributed by atoms with Gasteiger partial charge in [-0.3, -0.25) is 0 Å². The molecule has 31 heteroatoms. The second kappa shape index (κ2) is 77.4. The lowest BCUT2D eigenvalue weighted by atomic mass is 9.47. The highest BCUT2D eigenvalue weighted by Gasteiger charge is 2.59. The molecule has 120 heavy (non-hydrogen) atoms. The molecule has 1 aliphatic heterocycles. The van der Waals surface area contributed by atoms with Crippen LogP contribution in [0.3, 0.4) is 0 Å². The molecule has 0 aromatic carbocycles. The van der Waals surface area contributed by atoms with Crippen molar-refractivity contribution in [3.63, 3.8) is 0 Å². The van der Waals surface area contributed by atoms with Crippen molar-refractivity contribution in [2.45, 2.75) is 130 Å². The number of hydrogen-bond donors (Lipinski definition) is 1. The quantitative estimate of drug-likeness (QED) is 0.223. The Labute approximate surface area is 721 Å². The highest BCUT2D eigenvalue weighted by atomic mass is 16.6. The monoisotopic (exact) mass is 1730 g/mol. The first-order valence-electron chi connectivity index (χ1n) is 45.9. The lowest BCUT2D eigenvalue weighted by Crippen LogP contribution is -2.51. The van der Waals surface area contributed by atoms with Crippen molar-refractivity contribution in [1.29, 1.82) is 0 Å². The fourth-order valence-corrected chi connectivity index (χ4v) is 16.5. The zero-order valence-electron chi connectivity index (χ0n) is 75.3. The summed E-state index contributed by atoms with van der Waals surface area (Å²) in [5.41, 5.74) is 2.19. The van der Waals surface area contributed by atoms with Crippen LogP contribution in [0, 0.1) is 52.3 Å². The first-order chi connectivity index (χ1) is 59.2. The van der Waals surface area contributed by atoms with Gasteiger partial charge in [-0.25, -0.2) is 0 Å². The molecule has 1 N–H and O–H groups in total. The average molecular weight is 1730 g/mol. The number of aliphatic hydroxyl groups excluding tert-OH is 1. The van der Waals surface area contributed by atoms with Crippen molar-refractivity contribution < 1.29 is 147 Å². The summed E-state index contributed by atoms with van der Waals surface area (Å²) in [6.07, 6.45) is 14.8. The fraction of sp³-hybridized carbons (Fsp3) is 0.978. The van der Waals surface area contributed by atoms with Gasteiger partial charge in [-0.1, -0.05) is 66.0 Å². The Morgan fingerprint density at radius 1 is 0.317 bits per heavy atom. The molecular formula is C89H168O31. The van der Waals surface area contributed by atoms with E-state index in [2.05, 4.69) is 47.6 Å². The normalized spacial score (nSPS) is 30.6. The van der Waals surface area contributed by atoms with Crippen LogP contribution in [0.1, 0.15) is 112 Å². The van der Waals surface area contributed by atoms with Crippen molar-refractivity contribution in [2.75, 3.05) is 383 Å². The summed E-state index contributed by atoms with van der Waals surface area (Å²) in [7, 11) is 0. The summed E-state index contributed by atoms with van der Waals surface area (Å²) < 4.78 is 171. The summed E-state index contributed by atoms with van der Waals surface area (Å²) in [5.74, 6) is 5.50. The smallest absolute Gasteiger partial charge is 0.109 e. The molecule has 0 spiro atoms. The lowest BCUT2D eigenvalue weighted by Gasteiger charge is -2.58. The van der Waals surface area contributed by atoms with Gasteiger partial charge >= 0.3 is 0 Å². The van der Waals surface area contributed by atoms with E-state index in [9.17, 15) is 5.11 Å². The summed E-state index contributed by atoms with van der Waals surface area (Å²) in [6.45, 7) is 41.1. The molecule has 0 radical (unpaired) electrons. The van der Waals surface area contributed by atoms with Gasteiger partial charge in [0.1, 0.15) is 12.2 Å². The third-order valence-corrected chi connectivity index (χ3v) is 23.1. The minimum atomic E-state index is -0.894. The van der Waals surface area contributed by atoms with Crippen LogP contribution in [-0.2, 0) is 142 Å². The second-order valence-electron chi connectivity index (χ2n) is 31.7. The first kappa shape index (κ1) is 109.